The molecule has 1 N–H and O–H groups in total. The number of rotatable bonds is 3. The molecule has 3 rings (SSSR count). The van der Waals surface area contributed by atoms with E-state index in [0.29, 0.717) is 18.1 Å². The molecular weight excluding hydrogens is 262 g/mol. The highest BCUT2D eigenvalue weighted by molar-refractivity contribution is 7.17. The number of H-pyrrole nitrogens is 1. The SMILES string of the molecule is COCc1cc(=O)[nH]c(-c2cnc3ccsc3c2)n1. The van der Waals surface area contributed by atoms with Gasteiger partial charge in [-0.25, -0.2) is 4.98 Å². The van der Waals surface area contributed by atoms with E-state index >= 15 is 0 Å². The maximum absolute atomic E-state index is 11.6. The predicted molar refractivity (Wildman–Crippen MR) is 74.2 cm³/mol. The lowest BCUT2D eigenvalue weighted by atomic mass is 10.2. The van der Waals surface area contributed by atoms with Crippen molar-refractivity contribution in [1.82, 2.24) is 15.0 Å². The van der Waals surface area contributed by atoms with Crippen LogP contribution in [0.4, 0.5) is 0 Å². The molecule has 0 bridgehead atoms. The highest BCUT2D eigenvalue weighted by Gasteiger charge is 2.06. The normalized spacial score (nSPS) is 11.0. The Hall–Kier alpha value is -2.05. The van der Waals surface area contributed by atoms with Gasteiger partial charge >= 0.3 is 0 Å². The molecule has 0 spiro atoms. The van der Waals surface area contributed by atoms with Gasteiger partial charge in [0.2, 0.25) is 0 Å². The van der Waals surface area contributed by atoms with Crippen molar-refractivity contribution in [3.63, 3.8) is 0 Å². The van der Waals surface area contributed by atoms with Crippen LogP contribution in [-0.4, -0.2) is 22.1 Å². The number of thiophene rings is 1. The standard InChI is InChI=1S/C13H11N3O2S/c1-18-7-9-5-12(17)16-13(15-9)8-4-11-10(14-6-8)2-3-19-11/h2-6H,7H2,1H3,(H,15,16,17). The minimum absolute atomic E-state index is 0.191. The zero-order valence-corrected chi connectivity index (χ0v) is 11.0. The van der Waals surface area contributed by atoms with Crippen LogP contribution in [0.25, 0.3) is 21.6 Å². The van der Waals surface area contributed by atoms with Gasteiger partial charge in [0.05, 0.1) is 22.5 Å². The topological polar surface area (TPSA) is 67.9 Å². The van der Waals surface area contributed by atoms with E-state index in [0.717, 1.165) is 15.8 Å². The third-order valence-corrected chi connectivity index (χ3v) is 3.52. The van der Waals surface area contributed by atoms with Crippen molar-refractivity contribution in [3.8, 4) is 11.4 Å². The lowest BCUT2D eigenvalue weighted by Gasteiger charge is -2.03. The number of hydrogen-bond acceptors (Lipinski definition) is 5. The molecule has 19 heavy (non-hydrogen) atoms. The smallest absolute Gasteiger partial charge is 0.251 e. The Morgan fingerprint density at radius 2 is 2.32 bits per heavy atom. The second-order valence-corrected chi connectivity index (χ2v) is 4.99. The number of ether oxygens (including phenoxy) is 1. The van der Waals surface area contributed by atoms with Crippen LogP contribution in [-0.2, 0) is 11.3 Å². The fourth-order valence-corrected chi connectivity index (χ4v) is 2.62. The van der Waals surface area contributed by atoms with Gasteiger partial charge in [0, 0.05) is 24.9 Å². The molecule has 6 heteroatoms. The highest BCUT2D eigenvalue weighted by atomic mass is 32.1. The minimum atomic E-state index is -0.191. The molecule has 0 aliphatic rings. The Labute approximate surface area is 112 Å². The summed E-state index contributed by atoms with van der Waals surface area (Å²) in [6, 6.07) is 5.37. The van der Waals surface area contributed by atoms with Crippen molar-refractivity contribution in [2.45, 2.75) is 6.61 Å². The maximum atomic E-state index is 11.6. The molecule has 3 heterocycles. The van der Waals surface area contributed by atoms with Crippen LogP contribution in [0.5, 0.6) is 0 Å². The molecule has 5 nitrogen and oxygen atoms in total. The van der Waals surface area contributed by atoms with E-state index in [1.165, 1.54) is 6.07 Å². The van der Waals surface area contributed by atoms with Crippen LogP contribution in [0.15, 0.2) is 34.6 Å². The first-order chi connectivity index (χ1) is 9.26. The van der Waals surface area contributed by atoms with Gasteiger partial charge in [0.15, 0.2) is 0 Å². The third kappa shape index (κ3) is 2.40. The second kappa shape index (κ2) is 4.91. The average Bonchev–Trinajstić information content (AvgIpc) is 2.85. The predicted octanol–water partition coefficient (Wildman–Crippen LogP) is 2.19. The first-order valence-electron chi connectivity index (χ1n) is 5.69. The zero-order chi connectivity index (χ0) is 13.2. The summed E-state index contributed by atoms with van der Waals surface area (Å²) in [5.74, 6) is 0.516. The van der Waals surface area contributed by atoms with Gasteiger partial charge in [-0.1, -0.05) is 0 Å². The molecule has 0 amide bonds. The summed E-state index contributed by atoms with van der Waals surface area (Å²) in [6.45, 7) is 0.311. The molecule has 0 fully saturated rings. The number of aromatic nitrogens is 3. The number of nitrogens with zero attached hydrogens (tertiary/aromatic N) is 2. The highest BCUT2D eigenvalue weighted by Crippen LogP contribution is 2.23. The van der Waals surface area contributed by atoms with Crippen molar-refractivity contribution in [2.24, 2.45) is 0 Å². The lowest BCUT2D eigenvalue weighted by Crippen LogP contribution is -2.10. The summed E-state index contributed by atoms with van der Waals surface area (Å²) in [6.07, 6.45) is 1.71. The number of hydrogen-bond donors (Lipinski definition) is 1. The molecule has 0 unspecified atom stereocenters. The quantitative estimate of drug-likeness (QED) is 0.794. The summed E-state index contributed by atoms with van der Waals surface area (Å²) < 4.78 is 6.07. The van der Waals surface area contributed by atoms with E-state index in [1.807, 2.05) is 17.5 Å². The Bertz CT molecular complexity index is 779. The van der Waals surface area contributed by atoms with Crippen molar-refractivity contribution in [2.75, 3.05) is 7.11 Å². The number of aromatic amines is 1. The van der Waals surface area contributed by atoms with Gasteiger partial charge < -0.3 is 9.72 Å². The number of fused-ring (bicyclic) bond motifs is 1. The van der Waals surface area contributed by atoms with Gasteiger partial charge in [-0.15, -0.1) is 11.3 Å². The summed E-state index contributed by atoms with van der Waals surface area (Å²) >= 11 is 1.61. The molecule has 3 aromatic heterocycles. The van der Waals surface area contributed by atoms with Gasteiger partial charge in [0.1, 0.15) is 5.82 Å². The first kappa shape index (κ1) is 12.0. The Morgan fingerprint density at radius 3 is 3.16 bits per heavy atom. The Kier molecular flexibility index (Phi) is 3.10. The molecule has 96 valence electrons. The maximum Gasteiger partial charge on any atom is 0.251 e. The van der Waals surface area contributed by atoms with E-state index in [9.17, 15) is 4.79 Å². The van der Waals surface area contributed by atoms with Crippen molar-refractivity contribution in [3.05, 3.63) is 45.8 Å². The van der Waals surface area contributed by atoms with Crippen LogP contribution in [0, 0.1) is 0 Å². The van der Waals surface area contributed by atoms with E-state index in [4.69, 9.17) is 4.74 Å². The lowest BCUT2D eigenvalue weighted by molar-refractivity contribution is 0.181. The van der Waals surface area contributed by atoms with Gasteiger partial charge in [-0.3, -0.25) is 9.78 Å². The van der Waals surface area contributed by atoms with E-state index in [2.05, 4.69) is 15.0 Å². The van der Waals surface area contributed by atoms with Crippen molar-refractivity contribution in [1.29, 1.82) is 0 Å². The summed E-state index contributed by atoms with van der Waals surface area (Å²) in [5, 5.41) is 1.99. The monoisotopic (exact) mass is 273 g/mol. The Balaban J connectivity index is 2.11. The summed E-state index contributed by atoms with van der Waals surface area (Å²) in [7, 11) is 1.57. The molecule has 3 aromatic rings. The van der Waals surface area contributed by atoms with E-state index < -0.39 is 0 Å². The zero-order valence-electron chi connectivity index (χ0n) is 10.2. The fourth-order valence-electron chi connectivity index (χ4n) is 1.84. The van der Waals surface area contributed by atoms with E-state index in [1.54, 1.807) is 24.6 Å². The third-order valence-electron chi connectivity index (χ3n) is 2.66. The van der Waals surface area contributed by atoms with Crippen LogP contribution in [0.1, 0.15) is 5.69 Å². The number of methoxy groups -OCH3 is 1. The van der Waals surface area contributed by atoms with Crippen LogP contribution in [0.3, 0.4) is 0 Å². The molecular formula is C13H11N3O2S. The largest absolute Gasteiger partial charge is 0.378 e. The molecule has 0 aliphatic carbocycles. The van der Waals surface area contributed by atoms with Gasteiger partial charge in [-0.05, 0) is 17.5 Å². The van der Waals surface area contributed by atoms with Crippen LogP contribution >= 0.6 is 11.3 Å². The van der Waals surface area contributed by atoms with Crippen molar-refractivity contribution >= 4 is 21.6 Å². The molecule has 0 aromatic carbocycles. The number of pyridine rings is 1. The first-order valence-corrected chi connectivity index (χ1v) is 6.57. The van der Waals surface area contributed by atoms with Crippen LogP contribution < -0.4 is 5.56 Å². The summed E-state index contributed by atoms with van der Waals surface area (Å²) in [5.41, 5.74) is 2.16. The molecule has 0 radical (unpaired) electrons. The van der Waals surface area contributed by atoms with Crippen LogP contribution in [0.2, 0.25) is 0 Å². The summed E-state index contributed by atoms with van der Waals surface area (Å²) in [4.78, 5) is 23.0. The molecule has 0 saturated carbocycles. The molecule has 0 aliphatic heterocycles. The molecule has 0 atom stereocenters. The van der Waals surface area contributed by atoms with Gasteiger partial charge in [-0.2, -0.15) is 0 Å². The fraction of sp³-hybridized carbons (Fsp3) is 0.154. The second-order valence-electron chi connectivity index (χ2n) is 4.05. The van der Waals surface area contributed by atoms with Gasteiger partial charge in [0.25, 0.3) is 5.56 Å². The Morgan fingerprint density at radius 1 is 1.42 bits per heavy atom. The number of nitrogens with one attached hydrogen (secondary N) is 1. The van der Waals surface area contributed by atoms with E-state index in [-0.39, 0.29) is 5.56 Å². The average molecular weight is 273 g/mol. The molecule has 0 saturated heterocycles. The van der Waals surface area contributed by atoms with Crippen molar-refractivity contribution < 1.29 is 4.74 Å². The minimum Gasteiger partial charge on any atom is -0.378 e.